The van der Waals surface area contributed by atoms with Crippen LogP contribution in [-0.2, 0) is 0 Å². The van der Waals surface area contributed by atoms with Crippen molar-refractivity contribution in [3.05, 3.63) is 64.7 Å². The fraction of sp³-hybridized carbons (Fsp3) is 0. The van der Waals surface area contributed by atoms with Crippen molar-refractivity contribution in [2.24, 2.45) is 10.8 Å². The van der Waals surface area contributed by atoms with E-state index in [9.17, 15) is 9.59 Å². The first kappa shape index (κ1) is 15.5. The molecule has 0 saturated carbocycles. The van der Waals surface area contributed by atoms with Crippen LogP contribution in [0.4, 0.5) is 4.79 Å². The van der Waals surface area contributed by atoms with Crippen molar-refractivity contribution in [1.82, 2.24) is 5.43 Å². The molecule has 2 amide bonds. The number of hydrogen-bond donors (Lipinski definition) is 2. The van der Waals surface area contributed by atoms with Crippen molar-refractivity contribution in [1.29, 1.82) is 0 Å². The van der Waals surface area contributed by atoms with E-state index in [1.807, 2.05) is 0 Å². The molecule has 112 valence electrons. The molecule has 0 atom stereocenters. The van der Waals surface area contributed by atoms with Crippen LogP contribution >= 0.6 is 11.6 Å². The summed E-state index contributed by atoms with van der Waals surface area (Å²) in [5.41, 5.74) is 7.94. The van der Waals surface area contributed by atoms with Crippen LogP contribution in [0.3, 0.4) is 0 Å². The second-order valence-corrected chi connectivity index (χ2v) is 4.58. The van der Waals surface area contributed by atoms with Crippen molar-refractivity contribution in [2.45, 2.75) is 0 Å². The van der Waals surface area contributed by atoms with Crippen LogP contribution in [0.15, 0.2) is 53.6 Å². The van der Waals surface area contributed by atoms with E-state index >= 15 is 0 Å². The van der Waals surface area contributed by atoms with Gasteiger partial charge in [0.1, 0.15) is 5.75 Å². The van der Waals surface area contributed by atoms with Gasteiger partial charge in [0.2, 0.25) is 0 Å². The number of primary amides is 1. The summed E-state index contributed by atoms with van der Waals surface area (Å²) < 4.78 is 5.22. The lowest BCUT2D eigenvalue weighted by Gasteiger charge is -2.05. The van der Waals surface area contributed by atoms with E-state index in [-0.39, 0.29) is 0 Å². The summed E-state index contributed by atoms with van der Waals surface area (Å²) in [6.07, 6.45) is 1.41. The average Bonchev–Trinajstić information content (AvgIpc) is 2.49. The highest BCUT2D eigenvalue weighted by Crippen LogP contribution is 2.18. The van der Waals surface area contributed by atoms with Crippen LogP contribution in [0, 0.1) is 0 Å². The van der Waals surface area contributed by atoms with Gasteiger partial charge in [0.25, 0.3) is 0 Å². The van der Waals surface area contributed by atoms with E-state index in [4.69, 9.17) is 22.1 Å². The monoisotopic (exact) mass is 317 g/mol. The number of halogens is 1. The minimum Gasteiger partial charge on any atom is -0.423 e. The Morgan fingerprint density at radius 1 is 1.14 bits per heavy atom. The summed E-state index contributed by atoms with van der Waals surface area (Å²) in [6.45, 7) is 0. The number of hydrazone groups is 1. The molecule has 0 aliphatic rings. The second-order valence-electron chi connectivity index (χ2n) is 4.17. The highest BCUT2D eigenvalue weighted by Gasteiger charge is 2.11. The number of urea groups is 1. The maximum Gasteiger partial charge on any atom is 0.345 e. The van der Waals surface area contributed by atoms with Crippen LogP contribution in [0.1, 0.15) is 15.9 Å². The van der Waals surface area contributed by atoms with Crippen molar-refractivity contribution in [2.75, 3.05) is 0 Å². The third-order valence-electron chi connectivity index (χ3n) is 2.57. The molecule has 0 spiro atoms. The molecule has 0 fully saturated rings. The van der Waals surface area contributed by atoms with Gasteiger partial charge >= 0.3 is 12.0 Å². The summed E-state index contributed by atoms with van der Waals surface area (Å²) in [5.74, 6) is -0.174. The molecule has 0 bridgehead atoms. The molecule has 0 radical (unpaired) electrons. The number of esters is 1. The SMILES string of the molecule is NC(=O)N/N=C\c1ccc(OC(=O)c2ccccc2Cl)cc1. The lowest BCUT2D eigenvalue weighted by atomic mass is 10.2. The Labute approximate surface area is 131 Å². The number of amides is 2. The maximum atomic E-state index is 12.0. The average molecular weight is 318 g/mol. The lowest BCUT2D eigenvalue weighted by molar-refractivity contribution is 0.0735. The van der Waals surface area contributed by atoms with Gasteiger partial charge in [-0.3, -0.25) is 0 Å². The van der Waals surface area contributed by atoms with E-state index in [2.05, 4.69) is 10.5 Å². The third kappa shape index (κ3) is 4.32. The van der Waals surface area contributed by atoms with E-state index < -0.39 is 12.0 Å². The Kier molecular flexibility index (Phi) is 5.11. The first-order valence-corrected chi connectivity index (χ1v) is 6.59. The fourth-order valence-electron chi connectivity index (χ4n) is 1.58. The summed E-state index contributed by atoms with van der Waals surface area (Å²) in [6, 6.07) is 12.4. The number of benzene rings is 2. The van der Waals surface area contributed by atoms with Gasteiger partial charge in [0.05, 0.1) is 16.8 Å². The summed E-state index contributed by atoms with van der Waals surface area (Å²) in [5, 5.41) is 3.94. The minimum absolute atomic E-state index is 0.292. The quantitative estimate of drug-likeness (QED) is 0.393. The van der Waals surface area contributed by atoms with Crippen molar-refractivity contribution < 1.29 is 14.3 Å². The number of nitrogens with two attached hydrogens (primary N) is 1. The zero-order chi connectivity index (χ0) is 15.9. The van der Waals surface area contributed by atoms with Crippen molar-refractivity contribution in [3.8, 4) is 5.75 Å². The van der Waals surface area contributed by atoms with Gasteiger partial charge in [-0.2, -0.15) is 5.10 Å². The zero-order valence-electron chi connectivity index (χ0n) is 11.3. The predicted octanol–water partition coefficient (Wildman–Crippen LogP) is 2.56. The molecular formula is C15H12ClN3O3. The molecule has 6 nitrogen and oxygen atoms in total. The number of carbonyl (C=O) groups excluding carboxylic acids is 2. The fourth-order valence-corrected chi connectivity index (χ4v) is 1.79. The minimum atomic E-state index is -0.749. The van der Waals surface area contributed by atoms with E-state index in [1.54, 1.807) is 48.5 Å². The molecule has 2 aromatic carbocycles. The molecule has 0 heterocycles. The van der Waals surface area contributed by atoms with Crippen LogP contribution in [-0.4, -0.2) is 18.2 Å². The first-order chi connectivity index (χ1) is 10.6. The molecule has 0 aliphatic carbocycles. The number of nitrogens with one attached hydrogen (secondary N) is 1. The number of ether oxygens (including phenoxy) is 1. The molecule has 2 aromatic rings. The normalized spacial score (nSPS) is 10.4. The number of carbonyl (C=O) groups is 2. The Morgan fingerprint density at radius 3 is 2.45 bits per heavy atom. The van der Waals surface area contributed by atoms with Crippen LogP contribution in [0.2, 0.25) is 5.02 Å². The van der Waals surface area contributed by atoms with E-state index in [0.29, 0.717) is 21.9 Å². The topological polar surface area (TPSA) is 93.8 Å². The maximum absolute atomic E-state index is 12.0. The predicted molar refractivity (Wildman–Crippen MR) is 83.2 cm³/mol. The lowest BCUT2D eigenvalue weighted by Crippen LogP contribution is -2.24. The Balaban J connectivity index is 2.02. The van der Waals surface area contributed by atoms with Crippen molar-refractivity contribution in [3.63, 3.8) is 0 Å². The molecule has 3 N–H and O–H groups in total. The molecule has 2 rings (SSSR count). The summed E-state index contributed by atoms with van der Waals surface area (Å²) in [7, 11) is 0. The van der Waals surface area contributed by atoms with E-state index in [0.717, 1.165) is 0 Å². The van der Waals surface area contributed by atoms with Gasteiger partial charge in [-0.15, -0.1) is 0 Å². The Bertz CT molecular complexity index is 714. The van der Waals surface area contributed by atoms with Gasteiger partial charge in [-0.05, 0) is 42.0 Å². The van der Waals surface area contributed by atoms with Crippen LogP contribution < -0.4 is 15.9 Å². The van der Waals surface area contributed by atoms with Crippen LogP contribution in [0.25, 0.3) is 0 Å². The van der Waals surface area contributed by atoms with Gasteiger partial charge in [-0.25, -0.2) is 15.0 Å². The number of rotatable bonds is 4. The second kappa shape index (κ2) is 7.24. The highest BCUT2D eigenvalue weighted by molar-refractivity contribution is 6.33. The molecular weight excluding hydrogens is 306 g/mol. The van der Waals surface area contributed by atoms with Crippen LogP contribution in [0.5, 0.6) is 5.75 Å². The Morgan fingerprint density at radius 2 is 1.82 bits per heavy atom. The molecule has 7 heteroatoms. The first-order valence-electron chi connectivity index (χ1n) is 6.21. The molecule has 0 aromatic heterocycles. The number of hydrogen-bond acceptors (Lipinski definition) is 4. The van der Waals surface area contributed by atoms with Gasteiger partial charge in [0, 0.05) is 0 Å². The Hall–Kier alpha value is -2.86. The largest absolute Gasteiger partial charge is 0.423 e. The molecule has 0 unspecified atom stereocenters. The standard InChI is InChI=1S/C15H12ClN3O3/c16-13-4-2-1-3-12(13)14(20)22-11-7-5-10(6-8-11)9-18-19-15(17)21/h1-9H,(H3,17,19,21)/b18-9-. The number of nitrogens with zero attached hydrogens (tertiary/aromatic N) is 1. The smallest absolute Gasteiger partial charge is 0.345 e. The molecule has 22 heavy (non-hydrogen) atoms. The zero-order valence-corrected chi connectivity index (χ0v) is 12.1. The molecule has 0 aliphatic heterocycles. The third-order valence-corrected chi connectivity index (χ3v) is 2.90. The van der Waals surface area contributed by atoms with Gasteiger partial charge in [0.15, 0.2) is 0 Å². The van der Waals surface area contributed by atoms with E-state index in [1.165, 1.54) is 6.21 Å². The summed E-state index contributed by atoms with van der Waals surface area (Å²) in [4.78, 5) is 22.4. The highest BCUT2D eigenvalue weighted by atomic mass is 35.5. The summed E-state index contributed by atoms with van der Waals surface area (Å²) >= 11 is 5.93. The van der Waals surface area contributed by atoms with Gasteiger partial charge < -0.3 is 10.5 Å². The molecule has 0 saturated heterocycles. The van der Waals surface area contributed by atoms with Crippen molar-refractivity contribution >= 4 is 29.8 Å². The van der Waals surface area contributed by atoms with Gasteiger partial charge in [-0.1, -0.05) is 23.7 Å².